The fourth-order valence-corrected chi connectivity index (χ4v) is 3.87. The molecule has 2 aromatic carbocycles. The van der Waals surface area contributed by atoms with Crippen molar-refractivity contribution in [3.63, 3.8) is 0 Å². The second-order valence-corrected chi connectivity index (χ2v) is 7.51. The number of ether oxygens (including phenoxy) is 3. The lowest BCUT2D eigenvalue weighted by Gasteiger charge is -2.31. The highest BCUT2D eigenvalue weighted by molar-refractivity contribution is 6.07. The second-order valence-electron chi connectivity index (χ2n) is 7.51. The lowest BCUT2D eigenvalue weighted by atomic mass is 9.75. The maximum Gasteiger partial charge on any atom is 0.336 e. The molecule has 0 amide bonds. The minimum absolute atomic E-state index is 0.00709. The molecule has 0 saturated carbocycles. The summed E-state index contributed by atoms with van der Waals surface area (Å²) in [5.74, 6) is -2.36. The van der Waals surface area contributed by atoms with Crippen LogP contribution in [0.2, 0.25) is 0 Å². The molecule has 9 heteroatoms. The number of methoxy groups -OCH3 is 2. The number of carbonyl (C=O) groups is 2. The quantitative estimate of drug-likeness (QED) is 0.354. The highest BCUT2D eigenvalue weighted by Crippen LogP contribution is 2.41. The Hall–Kier alpha value is -4.01. The van der Waals surface area contributed by atoms with Gasteiger partial charge < -0.3 is 14.2 Å². The standard InChI is InChI=1S/C24H24N2O7/c1-14-20(23(27)32-4)22(17-6-5-7-18(12-17)26(29)30)21(15(2)25-14)24(28)33-13-16-8-10-19(31-3)11-9-16/h5-12,20,22H,13H2,1-4H3. The van der Waals surface area contributed by atoms with E-state index >= 15 is 0 Å². The Bertz CT molecular complexity index is 1140. The third kappa shape index (κ3) is 5.08. The molecule has 0 spiro atoms. The number of nitro groups is 1. The molecule has 9 nitrogen and oxygen atoms in total. The summed E-state index contributed by atoms with van der Waals surface area (Å²) in [6.07, 6.45) is 0. The summed E-state index contributed by atoms with van der Waals surface area (Å²) in [4.78, 5) is 41.1. The van der Waals surface area contributed by atoms with Crippen molar-refractivity contribution in [3.05, 3.63) is 81.0 Å². The first-order chi connectivity index (χ1) is 15.8. The number of hydrogen-bond donors (Lipinski definition) is 0. The number of non-ortho nitro benzene ring substituents is 1. The van der Waals surface area contributed by atoms with Crippen molar-refractivity contribution in [2.24, 2.45) is 10.9 Å². The van der Waals surface area contributed by atoms with E-state index in [1.165, 1.54) is 25.3 Å². The number of nitro benzene ring substituents is 1. The van der Waals surface area contributed by atoms with E-state index in [0.29, 0.717) is 22.7 Å². The van der Waals surface area contributed by atoms with Crippen molar-refractivity contribution < 1.29 is 28.7 Å². The molecular formula is C24H24N2O7. The van der Waals surface area contributed by atoms with E-state index in [-0.39, 0.29) is 17.9 Å². The summed E-state index contributed by atoms with van der Waals surface area (Å²) in [5, 5.41) is 11.3. The van der Waals surface area contributed by atoms with E-state index in [0.717, 1.165) is 5.56 Å². The van der Waals surface area contributed by atoms with Crippen molar-refractivity contribution in [1.82, 2.24) is 0 Å². The molecule has 2 aromatic rings. The fourth-order valence-electron chi connectivity index (χ4n) is 3.87. The van der Waals surface area contributed by atoms with Crippen LogP contribution in [0.15, 0.2) is 64.8 Å². The molecule has 1 aliphatic rings. The van der Waals surface area contributed by atoms with Crippen molar-refractivity contribution >= 4 is 23.3 Å². The molecule has 1 heterocycles. The predicted molar refractivity (Wildman–Crippen MR) is 120 cm³/mol. The minimum Gasteiger partial charge on any atom is -0.497 e. The monoisotopic (exact) mass is 452 g/mol. The highest BCUT2D eigenvalue weighted by atomic mass is 16.6. The summed E-state index contributed by atoms with van der Waals surface area (Å²) in [5.41, 5.74) is 2.00. The molecular weight excluding hydrogens is 428 g/mol. The minimum atomic E-state index is -0.927. The van der Waals surface area contributed by atoms with E-state index in [1.807, 2.05) is 0 Å². The normalized spacial score (nSPS) is 17.8. The molecule has 172 valence electrons. The van der Waals surface area contributed by atoms with Gasteiger partial charge >= 0.3 is 11.9 Å². The summed E-state index contributed by atoms with van der Waals surface area (Å²) < 4.78 is 15.6. The van der Waals surface area contributed by atoms with Gasteiger partial charge in [-0.25, -0.2) is 4.79 Å². The van der Waals surface area contributed by atoms with Crippen LogP contribution in [-0.2, 0) is 25.7 Å². The molecule has 0 aromatic heterocycles. The van der Waals surface area contributed by atoms with Gasteiger partial charge in [0.05, 0.1) is 24.7 Å². The number of rotatable bonds is 7. The molecule has 0 radical (unpaired) electrons. The maximum absolute atomic E-state index is 13.2. The molecule has 33 heavy (non-hydrogen) atoms. The van der Waals surface area contributed by atoms with E-state index in [9.17, 15) is 19.7 Å². The van der Waals surface area contributed by atoms with Crippen LogP contribution in [0.5, 0.6) is 5.75 Å². The zero-order valence-electron chi connectivity index (χ0n) is 18.7. The Morgan fingerprint density at radius 1 is 1.09 bits per heavy atom. The average Bonchev–Trinajstić information content (AvgIpc) is 2.82. The number of carbonyl (C=O) groups excluding carboxylic acids is 2. The summed E-state index contributed by atoms with van der Waals surface area (Å²) >= 11 is 0. The van der Waals surface area contributed by atoms with Crippen LogP contribution in [0, 0.1) is 16.0 Å². The van der Waals surface area contributed by atoms with Crippen LogP contribution in [-0.4, -0.2) is 36.8 Å². The molecule has 3 rings (SSSR count). The van der Waals surface area contributed by atoms with Crippen molar-refractivity contribution in [1.29, 1.82) is 0 Å². The lowest BCUT2D eigenvalue weighted by molar-refractivity contribution is -0.384. The molecule has 0 fully saturated rings. The zero-order chi connectivity index (χ0) is 24.1. The Balaban J connectivity index is 2.00. The smallest absolute Gasteiger partial charge is 0.336 e. The number of allylic oxidation sites excluding steroid dienone is 1. The molecule has 2 atom stereocenters. The number of esters is 2. The molecule has 0 bridgehead atoms. The van der Waals surface area contributed by atoms with Gasteiger partial charge in [0.2, 0.25) is 0 Å². The van der Waals surface area contributed by atoms with Crippen molar-refractivity contribution in [2.75, 3.05) is 14.2 Å². The van der Waals surface area contributed by atoms with E-state index in [1.54, 1.807) is 51.3 Å². The van der Waals surface area contributed by atoms with Gasteiger partial charge in [-0.05, 0) is 37.1 Å². The number of nitrogens with zero attached hydrogens (tertiary/aromatic N) is 2. The average molecular weight is 452 g/mol. The fraction of sp³-hybridized carbons (Fsp3) is 0.292. The number of benzene rings is 2. The van der Waals surface area contributed by atoms with E-state index < -0.39 is 28.7 Å². The lowest BCUT2D eigenvalue weighted by Crippen LogP contribution is -2.36. The van der Waals surface area contributed by atoms with Crippen LogP contribution in [0.3, 0.4) is 0 Å². The van der Waals surface area contributed by atoms with Gasteiger partial charge in [-0.2, -0.15) is 0 Å². The van der Waals surface area contributed by atoms with Gasteiger partial charge in [-0.1, -0.05) is 24.3 Å². The van der Waals surface area contributed by atoms with Crippen LogP contribution in [0.1, 0.15) is 30.9 Å². The van der Waals surface area contributed by atoms with Gasteiger partial charge in [0.1, 0.15) is 18.3 Å². The van der Waals surface area contributed by atoms with Crippen molar-refractivity contribution in [3.8, 4) is 5.75 Å². The topological polar surface area (TPSA) is 117 Å². The van der Waals surface area contributed by atoms with Gasteiger partial charge in [-0.15, -0.1) is 0 Å². The number of hydrogen-bond acceptors (Lipinski definition) is 8. The Kier molecular flexibility index (Phi) is 7.22. The SMILES string of the molecule is COC(=O)C1C(C)=NC(C)=C(C(=O)OCc2ccc(OC)cc2)C1c1cccc([N+](=O)[O-])c1. The van der Waals surface area contributed by atoms with Crippen LogP contribution in [0.4, 0.5) is 5.69 Å². The van der Waals surface area contributed by atoms with Gasteiger partial charge in [0, 0.05) is 29.5 Å². The largest absolute Gasteiger partial charge is 0.497 e. The van der Waals surface area contributed by atoms with Crippen molar-refractivity contribution in [2.45, 2.75) is 26.4 Å². The molecule has 0 saturated heterocycles. The number of aliphatic imine (C=N–C) groups is 1. The Labute approximate surface area is 190 Å². The third-order valence-corrected chi connectivity index (χ3v) is 5.47. The molecule has 0 N–H and O–H groups in total. The highest BCUT2D eigenvalue weighted by Gasteiger charge is 2.42. The van der Waals surface area contributed by atoms with Gasteiger partial charge in [-0.3, -0.25) is 19.9 Å². The van der Waals surface area contributed by atoms with Gasteiger partial charge in [0.25, 0.3) is 5.69 Å². The maximum atomic E-state index is 13.2. The summed E-state index contributed by atoms with van der Waals surface area (Å²) in [7, 11) is 2.80. The Morgan fingerprint density at radius 3 is 2.39 bits per heavy atom. The van der Waals surface area contributed by atoms with E-state index in [4.69, 9.17) is 14.2 Å². The summed E-state index contributed by atoms with van der Waals surface area (Å²) in [6.45, 7) is 3.30. The first kappa shape index (κ1) is 23.6. The van der Waals surface area contributed by atoms with Gasteiger partial charge in [0.15, 0.2) is 0 Å². The zero-order valence-corrected chi connectivity index (χ0v) is 18.7. The van der Waals surface area contributed by atoms with Crippen LogP contribution >= 0.6 is 0 Å². The van der Waals surface area contributed by atoms with Crippen LogP contribution in [0.25, 0.3) is 0 Å². The Morgan fingerprint density at radius 2 is 1.79 bits per heavy atom. The second kappa shape index (κ2) is 10.1. The molecule has 2 unspecified atom stereocenters. The molecule has 1 aliphatic heterocycles. The molecule has 0 aliphatic carbocycles. The van der Waals surface area contributed by atoms with E-state index in [2.05, 4.69) is 4.99 Å². The summed E-state index contributed by atoms with van der Waals surface area (Å²) in [6, 6.07) is 12.9. The predicted octanol–water partition coefficient (Wildman–Crippen LogP) is 3.97. The van der Waals surface area contributed by atoms with Crippen LogP contribution < -0.4 is 4.74 Å². The third-order valence-electron chi connectivity index (χ3n) is 5.47. The first-order valence-corrected chi connectivity index (χ1v) is 10.1. The first-order valence-electron chi connectivity index (χ1n) is 10.1.